The summed E-state index contributed by atoms with van der Waals surface area (Å²) in [4.78, 5) is 13.0. The molecule has 2 aliphatic rings. The molecule has 0 unspecified atom stereocenters. The first-order chi connectivity index (χ1) is 31.7. The molecule has 0 saturated carbocycles. The lowest BCUT2D eigenvalue weighted by Crippen LogP contribution is -2.36. The highest BCUT2D eigenvalue weighted by Crippen LogP contribution is 2.63. The lowest BCUT2D eigenvalue weighted by atomic mass is 9.64. The summed E-state index contributed by atoms with van der Waals surface area (Å²) in [6.45, 7) is 0. The van der Waals surface area contributed by atoms with Crippen LogP contribution in [0.5, 0.6) is 0 Å². The van der Waals surface area contributed by atoms with E-state index < -0.39 is 5.41 Å². The van der Waals surface area contributed by atoms with Gasteiger partial charge >= 0.3 is 0 Å². The first-order valence-corrected chi connectivity index (χ1v) is 22.0. The maximum atomic E-state index is 5.35. The first kappa shape index (κ1) is 36.3. The molecule has 10 aromatic carbocycles. The number of para-hydroxylation sites is 4. The normalized spacial score (nSPS) is 13.1. The maximum Gasteiger partial charge on any atom is 0.160 e. The minimum absolute atomic E-state index is 0.530. The minimum Gasteiger partial charge on any atom is -0.310 e. The Balaban J connectivity index is 0.945. The molecule has 2 heterocycles. The third kappa shape index (κ3) is 5.41. The second-order valence-corrected chi connectivity index (χ2v) is 16.9. The lowest BCUT2D eigenvalue weighted by Gasteiger charge is -2.45. The number of anilines is 3. The predicted molar refractivity (Wildman–Crippen MR) is 264 cm³/mol. The zero-order chi connectivity index (χ0) is 42.2. The Bertz CT molecular complexity index is 3570. The molecule has 1 aliphatic heterocycles. The van der Waals surface area contributed by atoms with E-state index in [1.165, 1.54) is 66.7 Å². The van der Waals surface area contributed by atoms with E-state index in [0.29, 0.717) is 5.82 Å². The predicted octanol–water partition coefficient (Wildman–Crippen LogP) is 15.6. The molecule has 0 fully saturated rings. The van der Waals surface area contributed by atoms with Crippen molar-refractivity contribution in [3.8, 4) is 56.0 Å². The van der Waals surface area contributed by atoms with Gasteiger partial charge < -0.3 is 4.90 Å². The van der Waals surface area contributed by atoms with E-state index in [1.54, 1.807) is 0 Å². The molecule has 11 aromatic rings. The number of nitrogens with zero attached hydrogens (tertiary/aromatic N) is 3. The number of fused-ring (bicyclic) bond motifs is 11. The summed E-state index contributed by atoms with van der Waals surface area (Å²) >= 11 is 0. The van der Waals surface area contributed by atoms with Crippen molar-refractivity contribution in [2.24, 2.45) is 0 Å². The second kappa shape index (κ2) is 14.3. The van der Waals surface area contributed by atoms with Crippen molar-refractivity contribution in [1.82, 2.24) is 9.97 Å². The number of aromatic nitrogens is 2. The van der Waals surface area contributed by atoms with Gasteiger partial charge in [0, 0.05) is 22.2 Å². The molecule has 0 radical (unpaired) electrons. The average molecular weight is 814 g/mol. The summed E-state index contributed by atoms with van der Waals surface area (Å²) in [5.74, 6) is 0.704. The summed E-state index contributed by atoms with van der Waals surface area (Å²) < 4.78 is 0. The Morgan fingerprint density at radius 1 is 0.328 bits per heavy atom. The fourth-order valence-electron chi connectivity index (χ4n) is 10.7. The molecule has 1 aliphatic carbocycles. The molecule has 1 aromatic heterocycles. The van der Waals surface area contributed by atoms with Gasteiger partial charge in [0.25, 0.3) is 0 Å². The van der Waals surface area contributed by atoms with Crippen LogP contribution in [0.2, 0.25) is 0 Å². The van der Waals surface area contributed by atoms with E-state index in [9.17, 15) is 0 Å². The van der Waals surface area contributed by atoms with E-state index in [1.807, 2.05) is 0 Å². The van der Waals surface area contributed by atoms with Crippen molar-refractivity contribution in [3.63, 3.8) is 0 Å². The lowest BCUT2D eigenvalue weighted by molar-refractivity contribution is 0.753. The number of hydrogen-bond donors (Lipinski definition) is 0. The highest BCUT2D eigenvalue weighted by Gasteiger charge is 2.51. The molecule has 13 rings (SSSR count). The third-order valence-corrected chi connectivity index (χ3v) is 13.5. The molecule has 0 N–H and O–H groups in total. The van der Waals surface area contributed by atoms with Gasteiger partial charge in [-0.25, -0.2) is 9.97 Å². The van der Waals surface area contributed by atoms with Crippen LogP contribution in [0.15, 0.2) is 237 Å². The van der Waals surface area contributed by atoms with Gasteiger partial charge in [-0.15, -0.1) is 0 Å². The van der Waals surface area contributed by atoms with E-state index in [0.717, 1.165) is 44.5 Å². The smallest absolute Gasteiger partial charge is 0.160 e. The van der Waals surface area contributed by atoms with Gasteiger partial charge in [-0.1, -0.05) is 194 Å². The molecule has 0 saturated heterocycles. The quantitative estimate of drug-likeness (QED) is 0.173. The summed E-state index contributed by atoms with van der Waals surface area (Å²) in [5.41, 5.74) is 19.2. The zero-order valence-electron chi connectivity index (χ0n) is 34.9. The van der Waals surface area contributed by atoms with Crippen molar-refractivity contribution in [2.75, 3.05) is 4.90 Å². The third-order valence-electron chi connectivity index (χ3n) is 13.5. The van der Waals surface area contributed by atoms with Crippen LogP contribution >= 0.6 is 0 Å². The Morgan fingerprint density at radius 3 is 1.70 bits per heavy atom. The molecule has 3 heteroatoms. The molecule has 0 bridgehead atoms. The summed E-state index contributed by atoms with van der Waals surface area (Å²) in [6.07, 6.45) is 0. The van der Waals surface area contributed by atoms with Crippen LogP contribution < -0.4 is 4.90 Å². The molecule has 1 spiro atoms. The second-order valence-electron chi connectivity index (χ2n) is 16.9. The van der Waals surface area contributed by atoms with Gasteiger partial charge in [0.1, 0.15) is 0 Å². The topological polar surface area (TPSA) is 29.0 Å². The van der Waals surface area contributed by atoms with Crippen LogP contribution in [0.1, 0.15) is 22.3 Å². The monoisotopic (exact) mass is 813 g/mol. The fraction of sp³-hybridized carbons (Fsp3) is 0.0164. The summed E-state index contributed by atoms with van der Waals surface area (Å²) in [5, 5.41) is 3.52. The van der Waals surface area contributed by atoms with Crippen LogP contribution in [0.4, 0.5) is 17.1 Å². The molecular formula is C61H39N3. The van der Waals surface area contributed by atoms with Crippen molar-refractivity contribution in [3.05, 3.63) is 259 Å². The molecule has 298 valence electrons. The number of hydrogen-bond acceptors (Lipinski definition) is 3. The van der Waals surface area contributed by atoms with Crippen LogP contribution in [0.3, 0.4) is 0 Å². The Labute approximate surface area is 372 Å². The molecule has 0 atom stereocenters. The van der Waals surface area contributed by atoms with Crippen molar-refractivity contribution >= 4 is 38.7 Å². The minimum atomic E-state index is -0.530. The van der Waals surface area contributed by atoms with Crippen LogP contribution in [0, 0.1) is 0 Å². The van der Waals surface area contributed by atoms with Crippen LogP contribution in [0.25, 0.3) is 77.7 Å². The highest BCUT2D eigenvalue weighted by atomic mass is 15.2. The SMILES string of the molecule is c1ccc(N2c3ccccc3C3(c4ccccc4-c4ccc(-c5cccc(-c6nc(-c7ccc(-c8cccc9ccccc89)cc7)c7ccccc7n6)c5)cc43)c3ccccc32)cc1. The molecule has 64 heavy (non-hydrogen) atoms. The Morgan fingerprint density at radius 2 is 0.891 bits per heavy atom. The highest BCUT2D eigenvalue weighted by molar-refractivity contribution is 5.99. The molecule has 0 amide bonds. The summed E-state index contributed by atoms with van der Waals surface area (Å²) in [7, 11) is 0. The van der Waals surface area contributed by atoms with Gasteiger partial charge in [-0.3, -0.25) is 0 Å². The Kier molecular flexibility index (Phi) is 8.13. The van der Waals surface area contributed by atoms with Crippen LogP contribution in [-0.4, -0.2) is 9.97 Å². The van der Waals surface area contributed by atoms with Gasteiger partial charge in [0.2, 0.25) is 0 Å². The van der Waals surface area contributed by atoms with E-state index >= 15 is 0 Å². The van der Waals surface area contributed by atoms with Gasteiger partial charge in [-0.2, -0.15) is 0 Å². The van der Waals surface area contributed by atoms with Crippen LogP contribution in [-0.2, 0) is 5.41 Å². The van der Waals surface area contributed by atoms with Gasteiger partial charge in [0.05, 0.1) is 28.0 Å². The van der Waals surface area contributed by atoms with Crippen molar-refractivity contribution in [1.29, 1.82) is 0 Å². The van der Waals surface area contributed by atoms with E-state index in [4.69, 9.17) is 9.97 Å². The average Bonchev–Trinajstić information content (AvgIpc) is 3.66. The molecular weight excluding hydrogens is 775 g/mol. The summed E-state index contributed by atoms with van der Waals surface area (Å²) in [6, 6.07) is 85.8. The molecule has 3 nitrogen and oxygen atoms in total. The largest absolute Gasteiger partial charge is 0.310 e. The van der Waals surface area contributed by atoms with E-state index in [2.05, 4.69) is 241 Å². The fourth-order valence-corrected chi connectivity index (χ4v) is 10.7. The standard InChI is InChI=1S/C61H39N3/c1-2-20-46(21-3-1)64-57-30-12-9-27-53(57)61(54-28-10-13-31-58(54)64)52-26-8-6-23-49(52)50-37-36-44(39-55(50)61)43-18-14-19-45(38-43)60-62-56-29-11-7-24-51(56)59(63-60)42-34-32-41(33-35-42)48-25-15-17-40-16-4-5-22-47(40)48/h1-39H. The van der Waals surface area contributed by atoms with Crippen molar-refractivity contribution in [2.45, 2.75) is 5.41 Å². The first-order valence-electron chi connectivity index (χ1n) is 22.0. The van der Waals surface area contributed by atoms with Crippen molar-refractivity contribution < 1.29 is 0 Å². The number of benzene rings is 10. The number of rotatable bonds is 5. The zero-order valence-corrected chi connectivity index (χ0v) is 34.9. The van der Waals surface area contributed by atoms with Gasteiger partial charge in [0.15, 0.2) is 5.82 Å². The maximum absolute atomic E-state index is 5.35. The van der Waals surface area contributed by atoms with Gasteiger partial charge in [-0.05, 0) is 109 Å². The van der Waals surface area contributed by atoms with E-state index in [-0.39, 0.29) is 0 Å². The Hall–Kier alpha value is -8.40.